The summed E-state index contributed by atoms with van der Waals surface area (Å²) in [7, 11) is 0. The van der Waals surface area contributed by atoms with E-state index in [9.17, 15) is 4.79 Å². The molecule has 4 rings (SSSR count). The minimum Gasteiger partial charge on any atom is -0.465 e. The van der Waals surface area contributed by atoms with E-state index in [0.29, 0.717) is 18.0 Å². The maximum Gasteiger partial charge on any atom is 0.253 e. The molecule has 0 saturated heterocycles. The van der Waals surface area contributed by atoms with E-state index in [4.69, 9.17) is 9.40 Å². The lowest BCUT2D eigenvalue weighted by atomic mass is 10.2. The van der Waals surface area contributed by atoms with Gasteiger partial charge >= 0.3 is 0 Å². The lowest BCUT2D eigenvalue weighted by Crippen LogP contribution is -2.22. The molecule has 0 aliphatic rings. The fourth-order valence-corrected chi connectivity index (χ4v) is 3.87. The summed E-state index contributed by atoms with van der Waals surface area (Å²) in [5.74, 6) is 1.83. The second-order valence-corrected chi connectivity index (χ2v) is 7.71. The summed E-state index contributed by atoms with van der Waals surface area (Å²) in [6, 6.07) is 11.5. The van der Waals surface area contributed by atoms with Crippen LogP contribution in [0.2, 0.25) is 0 Å². The van der Waals surface area contributed by atoms with Crippen molar-refractivity contribution in [1.29, 1.82) is 0 Å². The monoisotopic (exact) mass is 379 g/mol. The van der Waals surface area contributed by atoms with Crippen molar-refractivity contribution < 1.29 is 9.21 Å². The van der Waals surface area contributed by atoms with Gasteiger partial charge in [0.2, 0.25) is 0 Å². The zero-order valence-corrected chi connectivity index (χ0v) is 16.3. The van der Waals surface area contributed by atoms with Crippen molar-refractivity contribution in [3.8, 4) is 11.4 Å². The third-order valence-corrected chi connectivity index (χ3v) is 5.56. The number of carbonyl (C=O) groups excluding carboxylic acids is 1. The lowest BCUT2D eigenvalue weighted by Gasteiger charge is -2.03. The predicted molar refractivity (Wildman–Crippen MR) is 107 cm³/mol. The number of rotatable bonds is 5. The molecule has 0 spiro atoms. The van der Waals surface area contributed by atoms with Gasteiger partial charge < -0.3 is 14.1 Å². The highest BCUT2D eigenvalue weighted by molar-refractivity contribution is 7.10. The number of furan rings is 1. The van der Waals surface area contributed by atoms with Crippen molar-refractivity contribution >= 4 is 22.8 Å². The Hall–Kier alpha value is -2.86. The third kappa shape index (κ3) is 3.40. The Morgan fingerprint density at radius 3 is 2.85 bits per heavy atom. The third-order valence-electron chi connectivity index (χ3n) is 4.42. The Balaban J connectivity index is 1.67. The summed E-state index contributed by atoms with van der Waals surface area (Å²) >= 11 is 1.65. The van der Waals surface area contributed by atoms with Crippen molar-refractivity contribution in [2.24, 2.45) is 0 Å². The van der Waals surface area contributed by atoms with Crippen LogP contribution in [0.5, 0.6) is 0 Å². The van der Waals surface area contributed by atoms with Crippen LogP contribution in [0.1, 0.15) is 46.7 Å². The molecule has 4 aromatic heterocycles. The van der Waals surface area contributed by atoms with Crippen LogP contribution in [0.15, 0.2) is 52.4 Å². The molecule has 1 amide bonds. The van der Waals surface area contributed by atoms with Gasteiger partial charge in [-0.2, -0.15) is 0 Å². The van der Waals surface area contributed by atoms with Crippen LogP contribution >= 0.6 is 11.3 Å². The molecule has 0 radical (unpaired) electrons. The van der Waals surface area contributed by atoms with Gasteiger partial charge in [0.15, 0.2) is 0 Å². The molecule has 27 heavy (non-hydrogen) atoms. The summed E-state index contributed by atoms with van der Waals surface area (Å²) in [4.78, 5) is 17.6. The van der Waals surface area contributed by atoms with E-state index in [2.05, 4.69) is 24.5 Å². The van der Waals surface area contributed by atoms with Crippen LogP contribution in [0, 0.1) is 6.92 Å². The quantitative estimate of drug-likeness (QED) is 0.530. The molecule has 0 fully saturated rings. The number of nitrogens with one attached hydrogen (secondary N) is 1. The van der Waals surface area contributed by atoms with Gasteiger partial charge in [0.05, 0.1) is 34.0 Å². The summed E-state index contributed by atoms with van der Waals surface area (Å²) in [5, 5.41) is 6.09. The first-order valence-corrected chi connectivity index (χ1v) is 9.80. The van der Waals surface area contributed by atoms with E-state index in [1.54, 1.807) is 11.3 Å². The highest BCUT2D eigenvalue weighted by atomic mass is 32.1. The van der Waals surface area contributed by atoms with Crippen molar-refractivity contribution in [2.45, 2.75) is 33.2 Å². The van der Waals surface area contributed by atoms with E-state index in [-0.39, 0.29) is 5.91 Å². The van der Waals surface area contributed by atoms with Crippen molar-refractivity contribution in [3.63, 3.8) is 0 Å². The number of aryl methyl sites for hydroxylation is 1. The first kappa shape index (κ1) is 17.5. The van der Waals surface area contributed by atoms with E-state index in [1.165, 1.54) is 0 Å². The zero-order chi connectivity index (χ0) is 19.0. The van der Waals surface area contributed by atoms with Gasteiger partial charge in [0, 0.05) is 17.5 Å². The highest BCUT2D eigenvalue weighted by Crippen LogP contribution is 2.29. The minimum absolute atomic E-state index is 0.127. The molecule has 0 aromatic carbocycles. The fraction of sp³-hybridized carbons (Fsp3) is 0.238. The maximum absolute atomic E-state index is 12.8. The van der Waals surface area contributed by atoms with Crippen LogP contribution in [0.4, 0.5) is 0 Å². The number of thiazole rings is 1. The molecule has 0 aliphatic heterocycles. The van der Waals surface area contributed by atoms with Gasteiger partial charge in [-0.3, -0.25) is 4.79 Å². The van der Waals surface area contributed by atoms with Gasteiger partial charge in [-0.15, -0.1) is 11.3 Å². The molecule has 1 N–H and O–H groups in total. The Labute approximate surface area is 161 Å². The Morgan fingerprint density at radius 1 is 1.30 bits per heavy atom. The Bertz CT molecular complexity index is 1100. The SMILES string of the molecule is Cc1ccc(CNC(=O)c2cc(-c3csc(C(C)C)n3)n3ccccc23)o1. The molecule has 0 unspecified atom stereocenters. The molecule has 0 bridgehead atoms. The van der Waals surface area contributed by atoms with Gasteiger partial charge in [0.25, 0.3) is 5.91 Å². The topological polar surface area (TPSA) is 59.5 Å². The summed E-state index contributed by atoms with van der Waals surface area (Å²) in [6.45, 7) is 6.51. The predicted octanol–water partition coefficient (Wildman–Crippen LogP) is 5.02. The first-order valence-electron chi connectivity index (χ1n) is 8.92. The van der Waals surface area contributed by atoms with E-state index in [0.717, 1.165) is 33.4 Å². The van der Waals surface area contributed by atoms with Gasteiger partial charge in [-0.1, -0.05) is 19.9 Å². The second kappa shape index (κ2) is 7.04. The number of fused-ring (bicyclic) bond motifs is 1. The smallest absolute Gasteiger partial charge is 0.253 e. The number of aromatic nitrogens is 2. The van der Waals surface area contributed by atoms with Crippen LogP contribution in [0.3, 0.4) is 0 Å². The Morgan fingerprint density at radius 2 is 2.15 bits per heavy atom. The van der Waals surface area contributed by atoms with Crippen molar-refractivity contribution in [3.05, 3.63) is 70.1 Å². The number of carbonyl (C=O) groups is 1. The molecule has 0 aliphatic carbocycles. The van der Waals surface area contributed by atoms with Gasteiger partial charge in [-0.25, -0.2) is 4.98 Å². The van der Waals surface area contributed by atoms with Gasteiger partial charge in [0.1, 0.15) is 11.5 Å². The normalized spacial score (nSPS) is 11.4. The molecule has 138 valence electrons. The van der Waals surface area contributed by atoms with Crippen LogP contribution < -0.4 is 5.32 Å². The summed E-state index contributed by atoms with van der Waals surface area (Å²) < 4.78 is 7.55. The van der Waals surface area contributed by atoms with E-state index in [1.807, 2.05) is 53.9 Å². The average molecular weight is 379 g/mol. The summed E-state index contributed by atoms with van der Waals surface area (Å²) in [6.07, 6.45) is 1.96. The molecule has 6 heteroatoms. The molecule has 4 heterocycles. The molecule has 0 saturated carbocycles. The highest BCUT2D eigenvalue weighted by Gasteiger charge is 2.18. The molecular weight excluding hydrogens is 358 g/mol. The molecule has 5 nitrogen and oxygen atoms in total. The summed E-state index contributed by atoms with van der Waals surface area (Å²) in [5.41, 5.74) is 3.31. The number of pyridine rings is 1. The molecule has 4 aromatic rings. The molecular formula is C21H21N3O2S. The van der Waals surface area contributed by atoms with E-state index >= 15 is 0 Å². The lowest BCUT2D eigenvalue weighted by molar-refractivity contribution is 0.0949. The van der Waals surface area contributed by atoms with Crippen LogP contribution in [-0.4, -0.2) is 15.3 Å². The number of amides is 1. The van der Waals surface area contributed by atoms with Crippen LogP contribution in [-0.2, 0) is 6.54 Å². The second-order valence-electron chi connectivity index (χ2n) is 6.82. The Kier molecular flexibility index (Phi) is 4.58. The zero-order valence-electron chi connectivity index (χ0n) is 15.5. The standard InChI is InChI=1S/C21H21N3O2S/c1-13(2)21-23-17(12-27-21)19-10-16(18-6-4-5-9-24(18)19)20(25)22-11-15-8-7-14(3)26-15/h4-10,12-13H,11H2,1-3H3,(H,22,25). The fourth-order valence-electron chi connectivity index (χ4n) is 3.05. The maximum atomic E-state index is 12.8. The minimum atomic E-state index is -0.127. The van der Waals surface area contributed by atoms with E-state index < -0.39 is 0 Å². The van der Waals surface area contributed by atoms with Gasteiger partial charge in [-0.05, 0) is 37.3 Å². The number of hydrogen-bond acceptors (Lipinski definition) is 4. The molecule has 0 atom stereocenters. The largest absolute Gasteiger partial charge is 0.465 e. The van der Waals surface area contributed by atoms with Crippen molar-refractivity contribution in [2.75, 3.05) is 0 Å². The number of hydrogen-bond donors (Lipinski definition) is 1. The van der Waals surface area contributed by atoms with Crippen molar-refractivity contribution in [1.82, 2.24) is 14.7 Å². The average Bonchev–Trinajstić information content (AvgIpc) is 3.37. The van der Waals surface area contributed by atoms with Crippen LogP contribution in [0.25, 0.3) is 16.9 Å². The number of nitrogens with zero attached hydrogens (tertiary/aromatic N) is 2. The first-order chi connectivity index (χ1) is 13.0.